The quantitative estimate of drug-likeness (QED) is 0.743. The van der Waals surface area contributed by atoms with Crippen LogP contribution in [0.5, 0.6) is 5.75 Å². The third-order valence-corrected chi connectivity index (χ3v) is 5.48. The van der Waals surface area contributed by atoms with Gasteiger partial charge in [0, 0.05) is 49.4 Å². The van der Waals surface area contributed by atoms with E-state index in [0.29, 0.717) is 48.0 Å². The SMILES string of the molecule is CN(C)C(=O)COc1ccc(NC(=O)C2CCN(C(=O)c3ccc(Cl)cc3)CC2)cc1. The molecule has 3 amide bonds. The molecule has 31 heavy (non-hydrogen) atoms. The van der Waals surface area contributed by atoms with Gasteiger partial charge in [-0.2, -0.15) is 0 Å². The van der Waals surface area contributed by atoms with Crippen molar-refractivity contribution in [2.75, 3.05) is 39.1 Å². The van der Waals surface area contributed by atoms with Crippen molar-refractivity contribution < 1.29 is 19.1 Å². The molecule has 3 rings (SSSR count). The second-order valence-corrected chi connectivity index (χ2v) is 8.10. The lowest BCUT2D eigenvalue weighted by Gasteiger charge is -2.31. The third kappa shape index (κ3) is 6.21. The Morgan fingerprint density at radius 1 is 1.03 bits per heavy atom. The number of likely N-dealkylation sites (N-methyl/N-ethyl adjacent to an activating group) is 1. The molecule has 2 aromatic rings. The van der Waals surface area contributed by atoms with Crippen LogP contribution in [0.1, 0.15) is 23.2 Å². The number of nitrogens with one attached hydrogen (secondary N) is 1. The Bertz CT molecular complexity index is 921. The van der Waals surface area contributed by atoms with Crippen molar-refractivity contribution >= 4 is 35.0 Å². The summed E-state index contributed by atoms with van der Waals surface area (Å²) in [5, 5.41) is 3.51. The van der Waals surface area contributed by atoms with Gasteiger partial charge in [0.2, 0.25) is 5.91 Å². The minimum absolute atomic E-state index is 0.0357. The first-order chi connectivity index (χ1) is 14.8. The third-order valence-electron chi connectivity index (χ3n) is 5.23. The highest BCUT2D eigenvalue weighted by Crippen LogP contribution is 2.22. The fraction of sp³-hybridized carbons (Fsp3) is 0.348. The lowest BCUT2D eigenvalue weighted by Crippen LogP contribution is -2.41. The summed E-state index contributed by atoms with van der Waals surface area (Å²) >= 11 is 5.88. The minimum Gasteiger partial charge on any atom is -0.484 e. The molecule has 1 aliphatic heterocycles. The first-order valence-corrected chi connectivity index (χ1v) is 10.5. The monoisotopic (exact) mass is 443 g/mol. The van der Waals surface area contributed by atoms with E-state index in [4.69, 9.17) is 16.3 Å². The molecule has 8 heteroatoms. The Kier molecular flexibility index (Phi) is 7.52. The van der Waals surface area contributed by atoms with Gasteiger partial charge in [0.25, 0.3) is 11.8 Å². The van der Waals surface area contributed by atoms with Gasteiger partial charge in [-0.3, -0.25) is 14.4 Å². The molecule has 2 aromatic carbocycles. The number of rotatable bonds is 6. The van der Waals surface area contributed by atoms with Gasteiger partial charge in [-0.25, -0.2) is 0 Å². The molecule has 0 bridgehead atoms. The first kappa shape index (κ1) is 22.6. The van der Waals surface area contributed by atoms with Crippen molar-refractivity contribution in [2.45, 2.75) is 12.8 Å². The molecule has 1 saturated heterocycles. The first-order valence-electron chi connectivity index (χ1n) is 10.1. The Balaban J connectivity index is 1.47. The summed E-state index contributed by atoms with van der Waals surface area (Å²) in [6.07, 6.45) is 1.22. The Hall–Kier alpha value is -3.06. The molecule has 0 atom stereocenters. The molecule has 7 nitrogen and oxygen atoms in total. The molecule has 1 fully saturated rings. The number of hydrogen-bond donors (Lipinski definition) is 1. The van der Waals surface area contributed by atoms with Gasteiger partial charge in [0.15, 0.2) is 6.61 Å². The molecule has 164 valence electrons. The maximum atomic E-state index is 12.6. The molecule has 0 aromatic heterocycles. The number of amides is 3. The number of carbonyl (C=O) groups is 3. The van der Waals surface area contributed by atoms with Crippen LogP contribution in [0.3, 0.4) is 0 Å². The smallest absolute Gasteiger partial charge is 0.259 e. The summed E-state index contributed by atoms with van der Waals surface area (Å²) in [6.45, 7) is 1.03. The number of benzene rings is 2. The van der Waals surface area contributed by atoms with Crippen LogP contribution in [-0.2, 0) is 9.59 Å². The number of carbonyl (C=O) groups excluding carboxylic acids is 3. The summed E-state index contributed by atoms with van der Waals surface area (Å²) in [4.78, 5) is 40.0. The molecule has 0 aliphatic carbocycles. The zero-order valence-corrected chi connectivity index (χ0v) is 18.4. The van der Waals surface area contributed by atoms with Gasteiger partial charge >= 0.3 is 0 Å². The highest BCUT2D eigenvalue weighted by molar-refractivity contribution is 6.30. The summed E-state index contributed by atoms with van der Waals surface area (Å²) in [5.41, 5.74) is 1.26. The van der Waals surface area contributed by atoms with Crippen molar-refractivity contribution in [1.82, 2.24) is 9.80 Å². The number of likely N-dealkylation sites (tertiary alicyclic amines) is 1. The van der Waals surface area contributed by atoms with Crippen molar-refractivity contribution in [3.63, 3.8) is 0 Å². The fourth-order valence-electron chi connectivity index (χ4n) is 3.27. The maximum absolute atomic E-state index is 12.6. The van der Waals surface area contributed by atoms with Gasteiger partial charge in [0.05, 0.1) is 0 Å². The van der Waals surface area contributed by atoms with Gasteiger partial charge in [0.1, 0.15) is 5.75 Å². The molecule has 1 aliphatic rings. The van der Waals surface area contributed by atoms with E-state index >= 15 is 0 Å². The molecular formula is C23H26ClN3O4. The molecule has 0 saturated carbocycles. The van der Waals surface area contributed by atoms with E-state index < -0.39 is 0 Å². The van der Waals surface area contributed by atoms with Crippen LogP contribution in [-0.4, -0.2) is 61.3 Å². The zero-order valence-electron chi connectivity index (χ0n) is 17.6. The van der Waals surface area contributed by atoms with Crippen molar-refractivity contribution in [1.29, 1.82) is 0 Å². The Morgan fingerprint density at radius 2 is 1.65 bits per heavy atom. The van der Waals surface area contributed by atoms with Gasteiger partial charge in [-0.05, 0) is 61.4 Å². The molecular weight excluding hydrogens is 418 g/mol. The van der Waals surface area contributed by atoms with E-state index in [1.807, 2.05) is 0 Å². The molecule has 1 heterocycles. The van der Waals surface area contributed by atoms with Crippen LogP contribution in [0.15, 0.2) is 48.5 Å². The molecule has 1 N–H and O–H groups in total. The average molecular weight is 444 g/mol. The standard InChI is InChI=1S/C23H26ClN3O4/c1-26(2)21(28)15-31-20-9-7-19(8-10-20)25-22(29)16-11-13-27(14-12-16)23(30)17-3-5-18(24)6-4-17/h3-10,16H,11-15H2,1-2H3,(H,25,29). The number of nitrogens with zero attached hydrogens (tertiary/aromatic N) is 2. The number of halogens is 1. The summed E-state index contributed by atoms with van der Waals surface area (Å²) < 4.78 is 5.43. The average Bonchev–Trinajstić information content (AvgIpc) is 2.78. The molecule has 0 unspecified atom stereocenters. The van der Waals surface area contributed by atoms with Crippen molar-refractivity contribution in [3.05, 3.63) is 59.1 Å². The lowest BCUT2D eigenvalue weighted by atomic mass is 9.95. The largest absolute Gasteiger partial charge is 0.484 e. The predicted molar refractivity (Wildman–Crippen MR) is 119 cm³/mol. The second kappa shape index (κ2) is 10.3. The van der Waals surface area contributed by atoms with Crippen LogP contribution < -0.4 is 10.1 Å². The van der Waals surface area contributed by atoms with Gasteiger partial charge in [-0.15, -0.1) is 0 Å². The zero-order chi connectivity index (χ0) is 22.4. The lowest BCUT2D eigenvalue weighted by molar-refractivity contribution is -0.130. The second-order valence-electron chi connectivity index (χ2n) is 7.66. The summed E-state index contributed by atoms with van der Waals surface area (Å²) in [6, 6.07) is 13.7. The van der Waals surface area contributed by atoms with Crippen LogP contribution in [0.2, 0.25) is 5.02 Å². The highest BCUT2D eigenvalue weighted by Gasteiger charge is 2.27. The van der Waals surface area contributed by atoms with Crippen LogP contribution in [0.25, 0.3) is 0 Å². The predicted octanol–water partition coefficient (Wildman–Crippen LogP) is 3.30. The number of piperidine rings is 1. The van der Waals surface area contributed by atoms with Crippen molar-refractivity contribution in [2.24, 2.45) is 5.92 Å². The van der Waals surface area contributed by atoms with Crippen molar-refractivity contribution in [3.8, 4) is 5.75 Å². The molecule has 0 radical (unpaired) electrons. The van der Waals surface area contributed by atoms with E-state index in [2.05, 4.69) is 5.32 Å². The topological polar surface area (TPSA) is 79.0 Å². The molecule has 0 spiro atoms. The number of hydrogen-bond acceptors (Lipinski definition) is 4. The minimum atomic E-state index is -0.150. The fourth-order valence-corrected chi connectivity index (χ4v) is 3.40. The van der Waals surface area contributed by atoms with Gasteiger partial charge in [-0.1, -0.05) is 11.6 Å². The van der Waals surface area contributed by atoms with E-state index in [1.165, 1.54) is 4.90 Å². The van der Waals surface area contributed by atoms with E-state index in [0.717, 1.165) is 0 Å². The van der Waals surface area contributed by atoms with E-state index in [-0.39, 0.29) is 30.2 Å². The van der Waals surface area contributed by atoms with E-state index in [1.54, 1.807) is 67.5 Å². The maximum Gasteiger partial charge on any atom is 0.259 e. The number of anilines is 1. The highest BCUT2D eigenvalue weighted by atomic mass is 35.5. The normalized spacial score (nSPS) is 14.1. The van der Waals surface area contributed by atoms with Gasteiger partial charge < -0.3 is 19.9 Å². The van der Waals surface area contributed by atoms with Crippen LogP contribution >= 0.6 is 11.6 Å². The van der Waals surface area contributed by atoms with Crippen LogP contribution in [0.4, 0.5) is 5.69 Å². The Morgan fingerprint density at radius 3 is 2.23 bits per heavy atom. The number of ether oxygens (including phenoxy) is 1. The Labute approximate surface area is 186 Å². The summed E-state index contributed by atoms with van der Waals surface area (Å²) in [5.74, 6) is 0.178. The van der Waals surface area contributed by atoms with Crippen LogP contribution in [0, 0.1) is 5.92 Å². The van der Waals surface area contributed by atoms with E-state index in [9.17, 15) is 14.4 Å². The summed E-state index contributed by atoms with van der Waals surface area (Å²) in [7, 11) is 3.34.